The van der Waals surface area contributed by atoms with Gasteiger partial charge in [0.2, 0.25) is 10.0 Å². The minimum Gasteiger partial charge on any atom is -0.482 e. The summed E-state index contributed by atoms with van der Waals surface area (Å²) in [4.78, 5) is 16.9. The number of rotatable bonds is 6. The number of sulfonamides is 1. The van der Waals surface area contributed by atoms with Crippen molar-refractivity contribution in [2.75, 3.05) is 25.0 Å². The number of halogens is 3. The first kappa shape index (κ1) is 24.0. The Morgan fingerprint density at radius 2 is 1.88 bits per heavy atom. The SMILES string of the molecule is Cc1ccn2cc(C(=O)Nc3cc(S(=O)(=O)N4CCCCC4)ccc3OCC(F)(F)F)nc2c1. The van der Waals surface area contributed by atoms with Crippen molar-refractivity contribution in [1.82, 2.24) is 13.7 Å². The van der Waals surface area contributed by atoms with Gasteiger partial charge in [-0.25, -0.2) is 13.4 Å². The molecular weight excluding hydrogens is 473 g/mol. The summed E-state index contributed by atoms with van der Waals surface area (Å²) in [6.45, 7) is 0.989. The van der Waals surface area contributed by atoms with Crippen LogP contribution in [-0.4, -0.2) is 53.9 Å². The highest BCUT2D eigenvalue weighted by molar-refractivity contribution is 7.89. The van der Waals surface area contributed by atoms with Crippen molar-refractivity contribution in [2.24, 2.45) is 0 Å². The molecule has 1 N–H and O–H groups in total. The number of anilines is 1. The Morgan fingerprint density at radius 3 is 2.59 bits per heavy atom. The molecular formula is C22H23F3N4O4S. The van der Waals surface area contributed by atoms with E-state index in [1.807, 2.05) is 13.0 Å². The minimum atomic E-state index is -4.61. The van der Waals surface area contributed by atoms with Crippen LogP contribution >= 0.6 is 0 Å². The van der Waals surface area contributed by atoms with Gasteiger partial charge in [-0.3, -0.25) is 4.79 Å². The average Bonchev–Trinajstić information content (AvgIpc) is 3.21. The molecule has 182 valence electrons. The number of ether oxygens (including phenoxy) is 1. The van der Waals surface area contributed by atoms with Crippen molar-refractivity contribution in [2.45, 2.75) is 37.3 Å². The van der Waals surface area contributed by atoms with Crippen molar-refractivity contribution in [3.05, 3.63) is 54.0 Å². The van der Waals surface area contributed by atoms with Crippen molar-refractivity contribution < 1.29 is 31.1 Å². The predicted octanol–water partition coefficient (Wildman–Crippen LogP) is 4.01. The highest BCUT2D eigenvalue weighted by Crippen LogP contribution is 2.32. The largest absolute Gasteiger partial charge is 0.482 e. The molecule has 1 aliphatic rings. The van der Waals surface area contributed by atoms with E-state index in [2.05, 4.69) is 10.3 Å². The first-order valence-electron chi connectivity index (χ1n) is 10.6. The third-order valence-corrected chi connectivity index (χ3v) is 7.29. The number of imidazole rings is 1. The highest BCUT2D eigenvalue weighted by atomic mass is 32.2. The lowest BCUT2D eigenvalue weighted by molar-refractivity contribution is -0.153. The van der Waals surface area contributed by atoms with Crippen molar-refractivity contribution in [1.29, 1.82) is 0 Å². The summed E-state index contributed by atoms with van der Waals surface area (Å²) < 4.78 is 72.1. The van der Waals surface area contributed by atoms with E-state index in [1.165, 1.54) is 16.6 Å². The second-order valence-electron chi connectivity index (χ2n) is 8.08. The van der Waals surface area contributed by atoms with Gasteiger partial charge in [0.15, 0.2) is 6.61 Å². The number of nitrogens with zero attached hydrogens (tertiary/aromatic N) is 3. The number of aryl methyl sites for hydroxylation is 1. The van der Waals surface area contributed by atoms with E-state index in [-0.39, 0.29) is 22.0 Å². The van der Waals surface area contributed by atoms with Crippen LogP contribution in [0.1, 0.15) is 35.3 Å². The fourth-order valence-electron chi connectivity index (χ4n) is 3.69. The van der Waals surface area contributed by atoms with Gasteiger partial charge in [0, 0.05) is 25.5 Å². The summed E-state index contributed by atoms with van der Waals surface area (Å²) in [5, 5.41) is 2.46. The average molecular weight is 497 g/mol. The maximum absolute atomic E-state index is 13.0. The maximum atomic E-state index is 13.0. The van der Waals surface area contributed by atoms with Crippen LogP contribution in [0, 0.1) is 6.92 Å². The molecule has 0 aliphatic carbocycles. The van der Waals surface area contributed by atoms with Crippen LogP contribution in [0.4, 0.5) is 18.9 Å². The third-order valence-electron chi connectivity index (χ3n) is 5.39. The van der Waals surface area contributed by atoms with E-state index >= 15 is 0 Å². The molecule has 1 amide bonds. The number of alkyl halides is 3. The first-order chi connectivity index (χ1) is 16.0. The Labute approximate surface area is 194 Å². The number of amides is 1. The standard InChI is InChI=1S/C22H23F3N4O4S/c1-15-7-10-28-13-18(26-20(28)11-15)21(30)27-17-12-16(5-6-19(17)33-14-22(23,24)25)34(31,32)29-8-3-2-4-9-29/h5-7,10-13H,2-4,8-9,14H2,1H3,(H,27,30). The molecule has 3 aromatic rings. The summed E-state index contributed by atoms with van der Waals surface area (Å²) in [7, 11) is -3.89. The number of benzene rings is 1. The lowest BCUT2D eigenvalue weighted by atomic mass is 10.2. The Hall–Kier alpha value is -3.12. The van der Waals surface area contributed by atoms with Crippen LogP contribution < -0.4 is 10.1 Å². The lowest BCUT2D eigenvalue weighted by Gasteiger charge is -2.26. The number of piperidine rings is 1. The van der Waals surface area contributed by atoms with Gasteiger partial charge in [-0.1, -0.05) is 6.42 Å². The van der Waals surface area contributed by atoms with E-state index in [0.717, 1.165) is 37.0 Å². The van der Waals surface area contributed by atoms with E-state index in [4.69, 9.17) is 4.74 Å². The molecule has 4 rings (SSSR count). The van der Waals surface area contributed by atoms with Crippen LogP contribution in [-0.2, 0) is 10.0 Å². The number of hydrogen-bond acceptors (Lipinski definition) is 5. The quantitative estimate of drug-likeness (QED) is 0.557. The number of nitrogens with one attached hydrogen (secondary N) is 1. The zero-order valence-corrected chi connectivity index (χ0v) is 19.1. The predicted molar refractivity (Wildman–Crippen MR) is 118 cm³/mol. The number of aromatic nitrogens is 2. The smallest absolute Gasteiger partial charge is 0.422 e. The fourth-order valence-corrected chi connectivity index (χ4v) is 5.23. The van der Waals surface area contributed by atoms with Gasteiger partial charge < -0.3 is 14.5 Å². The monoisotopic (exact) mass is 496 g/mol. The number of fused-ring (bicyclic) bond motifs is 1. The lowest BCUT2D eigenvalue weighted by Crippen LogP contribution is -2.35. The van der Waals surface area contributed by atoms with Crippen LogP contribution in [0.2, 0.25) is 0 Å². The molecule has 0 bridgehead atoms. The van der Waals surface area contributed by atoms with Crippen LogP contribution in [0.25, 0.3) is 5.65 Å². The van der Waals surface area contributed by atoms with Crippen LogP contribution in [0.3, 0.4) is 0 Å². The highest BCUT2D eigenvalue weighted by Gasteiger charge is 2.30. The number of carbonyl (C=O) groups excluding carboxylic acids is 1. The van der Waals surface area contributed by atoms with Gasteiger partial charge in [-0.2, -0.15) is 17.5 Å². The van der Waals surface area contributed by atoms with E-state index in [1.54, 1.807) is 16.7 Å². The van der Waals surface area contributed by atoms with Gasteiger partial charge in [0.25, 0.3) is 5.91 Å². The topological polar surface area (TPSA) is 93.0 Å². The first-order valence-corrected chi connectivity index (χ1v) is 12.1. The molecule has 12 heteroatoms. The van der Waals surface area contributed by atoms with Gasteiger partial charge in [-0.05, 0) is 55.7 Å². The summed E-state index contributed by atoms with van der Waals surface area (Å²) in [6.07, 6.45) is 0.952. The molecule has 1 fully saturated rings. The summed E-state index contributed by atoms with van der Waals surface area (Å²) in [5.74, 6) is -1.02. The fraction of sp³-hybridized carbons (Fsp3) is 0.364. The van der Waals surface area contributed by atoms with Crippen LogP contribution in [0.15, 0.2) is 47.6 Å². The molecule has 1 aliphatic heterocycles. The summed E-state index contributed by atoms with van der Waals surface area (Å²) >= 11 is 0. The van der Waals surface area contributed by atoms with Crippen molar-refractivity contribution in [3.63, 3.8) is 0 Å². The Morgan fingerprint density at radius 1 is 1.15 bits per heavy atom. The second-order valence-corrected chi connectivity index (χ2v) is 10.0. The van der Waals surface area contributed by atoms with E-state index < -0.39 is 28.7 Å². The Balaban J connectivity index is 1.66. The molecule has 0 atom stereocenters. The van der Waals surface area contributed by atoms with E-state index in [0.29, 0.717) is 18.7 Å². The maximum Gasteiger partial charge on any atom is 0.422 e. The molecule has 0 radical (unpaired) electrons. The van der Waals surface area contributed by atoms with Gasteiger partial charge in [0.05, 0.1) is 10.6 Å². The van der Waals surface area contributed by atoms with Gasteiger partial charge in [0.1, 0.15) is 17.1 Å². The molecule has 0 unspecified atom stereocenters. The zero-order valence-electron chi connectivity index (χ0n) is 18.3. The van der Waals surface area contributed by atoms with Crippen molar-refractivity contribution >= 4 is 27.3 Å². The van der Waals surface area contributed by atoms with Crippen LogP contribution in [0.5, 0.6) is 5.75 Å². The van der Waals surface area contributed by atoms with Gasteiger partial charge >= 0.3 is 6.18 Å². The number of pyridine rings is 1. The molecule has 1 saturated heterocycles. The molecule has 0 saturated carbocycles. The number of hydrogen-bond donors (Lipinski definition) is 1. The minimum absolute atomic E-state index is 0.0108. The normalized spacial score (nSPS) is 15.4. The molecule has 2 aromatic heterocycles. The molecule has 34 heavy (non-hydrogen) atoms. The second kappa shape index (κ2) is 9.26. The third kappa shape index (κ3) is 5.33. The summed E-state index contributed by atoms with van der Waals surface area (Å²) in [6, 6.07) is 7.01. The Kier molecular flexibility index (Phi) is 6.54. The Bertz CT molecular complexity index is 1320. The number of carbonyl (C=O) groups is 1. The molecule has 8 nitrogen and oxygen atoms in total. The van der Waals surface area contributed by atoms with Crippen molar-refractivity contribution in [3.8, 4) is 5.75 Å². The van der Waals surface area contributed by atoms with Gasteiger partial charge in [-0.15, -0.1) is 0 Å². The molecule has 3 heterocycles. The van der Waals surface area contributed by atoms with E-state index in [9.17, 15) is 26.4 Å². The zero-order chi connectivity index (χ0) is 24.5. The molecule has 0 spiro atoms. The summed E-state index contributed by atoms with van der Waals surface area (Å²) in [5.41, 5.74) is 1.26. The molecule has 1 aromatic carbocycles.